The molecule has 1 N–H and O–H groups in total. The number of aryl methyl sites for hydroxylation is 1. The molecule has 1 aromatic carbocycles. The summed E-state index contributed by atoms with van der Waals surface area (Å²) in [6, 6.07) is 6.58. The number of piperidine rings is 1. The number of aromatic nitrogens is 1. The Labute approximate surface area is 153 Å². The van der Waals surface area contributed by atoms with Crippen LogP contribution in [0.1, 0.15) is 41.5 Å². The first-order valence-electron chi connectivity index (χ1n) is 8.88. The summed E-state index contributed by atoms with van der Waals surface area (Å²) in [6.07, 6.45) is 2.38. The van der Waals surface area contributed by atoms with Gasteiger partial charge >= 0.3 is 0 Å². The number of quaternary nitrogens is 1. The highest BCUT2D eigenvalue weighted by Gasteiger charge is 2.24. The summed E-state index contributed by atoms with van der Waals surface area (Å²) in [6.45, 7) is 8.85. The predicted octanol–water partition coefficient (Wildman–Crippen LogP) is 3.38. The van der Waals surface area contributed by atoms with Gasteiger partial charge in [0.1, 0.15) is 12.4 Å². The Morgan fingerprint density at radius 1 is 1.28 bits per heavy atom. The van der Waals surface area contributed by atoms with Crippen molar-refractivity contribution >= 4 is 17.4 Å². The van der Waals surface area contributed by atoms with Crippen LogP contribution in [0.5, 0.6) is 0 Å². The Morgan fingerprint density at radius 2 is 1.96 bits per heavy atom. The zero-order valence-corrected chi connectivity index (χ0v) is 15.8. The number of halogens is 2. The first kappa shape index (κ1) is 18.2. The van der Waals surface area contributed by atoms with Gasteiger partial charge < -0.3 is 9.47 Å². The van der Waals surface area contributed by atoms with E-state index in [1.165, 1.54) is 23.8 Å². The van der Waals surface area contributed by atoms with E-state index in [4.69, 9.17) is 11.6 Å². The van der Waals surface area contributed by atoms with Crippen molar-refractivity contribution in [3.8, 4) is 5.69 Å². The summed E-state index contributed by atoms with van der Waals surface area (Å²) >= 11 is 5.92. The van der Waals surface area contributed by atoms with Crippen molar-refractivity contribution < 1.29 is 14.1 Å². The van der Waals surface area contributed by atoms with Crippen molar-refractivity contribution in [3.63, 3.8) is 0 Å². The number of nitrogens with one attached hydrogen (secondary N) is 1. The van der Waals surface area contributed by atoms with Crippen LogP contribution in [0.3, 0.4) is 0 Å². The standard InChI is InChI=1S/C20H24ClFN2O/c1-13-6-8-23(9-7-13)12-20(25)17-10-14(2)24(15(17)3)16-4-5-19(22)18(21)11-16/h4-5,10-11,13H,6-9,12H2,1-3H3/p+1. The van der Waals surface area contributed by atoms with E-state index < -0.39 is 5.82 Å². The van der Waals surface area contributed by atoms with Crippen molar-refractivity contribution in [3.05, 3.63) is 52.1 Å². The molecule has 0 spiro atoms. The van der Waals surface area contributed by atoms with Crippen LogP contribution in [0.2, 0.25) is 5.02 Å². The summed E-state index contributed by atoms with van der Waals surface area (Å²) in [5.41, 5.74) is 3.37. The minimum Gasteiger partial charge on any atom is -0.328 e. The average Bonchev–Trinajstić information content (AvgIpc) is 2.87. The van der Waals surface area contributed by atoms with E-state index in [0.29, 0.717) is 6.54 Å². The topological polar surface area (TPSA) is 26.4 Å². The quantitative estimate of drug-likeness (QED) is 0.828. The van der Waals surface area contributed by atoms with Gasteiger partial charge in [0.15, 0.2) is 0 Å². The molecule has 0 unspecified atom stereocenters. The molecular formula is C20H25ClFN2O+. The van der Waals surface area contributed by atoms with Crippen LogP contribution in [0.4, 0.5) is 4.39 Å². The predicted molar refractivity (Wildman–Crippen MR) is 98.5 cm³/mol. The Bertz CT molecular complexity index is 791. The van der Waals surface area contributed by atoms with Crippen LogP contribution in [0.15, 0.2) is 24.3 Å². The third-order valence-electron chi connectivity index (χ3n) is 5.28. The van der Waals surface area contributed by atoms with Crippen molar-refractivity contribution in [2.75, 3.05) is 19.6 Å². The molecule has 0 saturated carbocycles. The number of hydrogen-bond acceptors (Lipinski definition) is 1. The SMILES string of the molecule is Cc1cc(C(=O)C[NH+]2CCC(C)CC2)c(C)n1-c1ccc(F)c(Cl)c1. The lowest BCUT2D eigenvalue weighted by atomic mass is 9.99. The van der Waals surface area contributed by atoms with E-state index >= 15 is 0 Å². The van der Waals surface area contributed by atoms with E-state index in [9.17, 15) is 9.18 Å². The molecule has 1 saturated heterocycles. The summed E-state index contributed by atoms with van der Waals surface area (Å²) in [4.78, 5) is 14.2. The Morgan fingerprint density at radius 3 is 2.60 bits per heavy atom. The van der Waals surface area contributed by atoms with Gasteiger partial charge in [-0.15, -0.1) is 0 Å². The number of benzene rings is 1. The van der Waals surface area contributed by atoms with Crippen LogP contribution in [0, 0.1) is 25.6 Å². The molecule has 1 aromatic heterocycles. The fourth-order valence-electron chi connectivity index (χ4n) is 3.74. The van der Waals surface area contributed by atoms with Crippen LogP contribution >= 0.6 is 11.6 Å². The first-order valence-corrected chi connectivity index (χ1v) is 9.25. The van der Waals surface area contributed by atoms with Crippen molar-refractivity contribution in [2.45, 2.75) is 33.6 Å². The maximum absolute atomic E-state index is 13.4. The van der Waals surface area contributed by atoms with E-state index in [2.05, 4.69) is 6.92 Å². The molecule has 0 amide bonds. The van der Waals surface area contributed by atoms with Crippen LogP contribution < -0.4 is 4.90 Å². The van der Waals surface area contributed by atoms with Gasteiger partial charge in [0, 0.05) is 22.6 Å². The molecule has 0 bridgehead atoms. The van der Waals surface area contributed by atoms with Gasteiger partial charge in [0.25, 0.3) is 0 Å². The van der Waals surface area contributed by atoms with Crippen LogP contribution in [-0.4, -0.2) is 30.0 Å². The minimum absolute atomic E-state index is 0.0877. The van der Waals surface area contributed by atoms with Gasteiger partial charge in [-0.3, -0.25) is 4.79 Å². The van der Waals surface area contributed by atoms with Crippen molar-refractivity contribution in [1.82, 2.24) is 4.57 Å². The number of ketones is 1. The van der Waals surface area contributed by atoms with E-state index in [1.807, 2.05) is 24.5 Å². The monoisotopic (exact) mass is 363 g/mol. The Balaban J connectivity index is 1.83. The molecular weight excluding hydrogens is 339 g/mol. The molecule has 2 heterocycles. The molecule has 0 radical (unpaired) electrons. The van der Waals surface area contributed by atoms with Gasteiger partial charge in [-0.25, -0.2) is 4.39 Å². The third kappa shape index (κ3) is 3.80. The summed E-state index contributed by atoms with van der Waals surface area (Å²) < 4.78 is 15.4. The molecule has 5 heteroatoms. The maximum atomic E-state index is 13.4. The number of hydrogen-bond donors (Lipinski definition) is 1. The van der Waals surface area contributed by atoms with Gasteiger partial charge in [-0.2, -0.15) is 0 Å². The normalized spacial score (nSPS) is 20.7. The highest BCUT2D eigenvalue weighted by molar-refractivity contribution is 6.30. The number of carbonyl (C=O) groups is 1. The molecule has 0 aliphatic carbocycles. The lowest BCUT2D eigenvalue weighted by molar-refractivity contribution is -0.897. The number of nitrogens with zero attached hydrogens (tertiary/aromatic N) is 1. The smallest absolute Gasteiger partial charge is 0.218 e. The second kappa shape index (κ2) is 7.30. The van der Waals surface area contributed by atoms with Gasteiger partial charge in [0.05, 0.1) is 18.1 Å². The van der Waals surface area contributed by atoms with Crippen molar-refractivity contribution in [2.24, 2.45) is 5.92 Å². The molecule has 0 atom stereocenters. The highest BCUT2D eigenvalue weighted by atomic mass is 35.5. The fraction of sp³-hybridized carbons (Fsp3) is 0.450. The van der Waals surface area contributed by atoms with Gasteiger partial charge in [-0.05, 0) is 56.9 Å². The second-order valence-electron chi connectivity index (χ2n) is 7.25. The summed E-state index contributed by atoms with van der Waals surface area (Å²) in [7, 11) is 0. The summed E-state index contributed by atoms with van der Waals surface area (Å²) in [5.74, 6) is 0.511. The molecule has 1 aliphatic heterocycles. The maximum Gasteiger partial charge on any atom is 0.218 e. The highest BCUT2D eigenvalue weighted by Crippen LogP contribution is 2.24. The van der Waals surface area contributed by atoms with Gasteiger partial charge in [-0.1, -0.05) is 18.5 Å². The van der Waals surface area contributed by atoms with E-state index in [0.717, 1.165) is 41.6 Å². The molecule has 134 valence electrons. The first-order chi connectivity index (χ1) is 11.9. The van der Waals surface area contributed by atoms with E-state index in [1.54, 1.807) is 12.1 Å². The molecule has 3 nitrogen and oxygen atoms in total. The van der Waals surface area contributed by atoms with Gasteiger partial charge in [0.2, 0.25) is 5.78 Å². The number of rotatable bonds is 4. The largest absolute Gasteiger partial charge is 0.328 e. The Hall–Kier alpha value is -1.65. The zero-order chi connectivity index (χ0) is 18.1. The fourth-order valence-corrected chi connectivity index (χ4v) is 3.91. The zero-order valence-electron chi connectivity index (χ0n) is 15.0. The number of Topliss-reactive ketones (excluding diaryl/α,β-unsaturated/α-hetero) is 1. The Kier molecular flexibility index (Phi) is 5.30. The lowest BCUT2D eigenvalue weighted by Gasteiger charge is -2.26. The number of carbonyl (C=O) groups excluding carboxylic acids is 1. The average molecular weight is 364 g/mol. The lowest BCUT2D eigenvalue weighted by Crippen LogP contribution is -3.13. The van der Waals surface area contributed by atoms with Crippen molar-refractivity contribution in [1.29, 1.82) is 0 Å². The summed E-state index contributed by atoms with van der Waals surface area (Å²) in [5, 5.41) is 0.0877. The molecule has 25 heavy (non-hydrogen) atoms. The molecule has 1 fully saturated rings. The molecule has 1 aliphatic rings. The molecule has 2 aromatic rings. The second-order valence-corrected chi connectivity index (χ2v) is 7.66. The minimum atomic E-state index is -0.438. The third-order valence-corrected chi connectivity index (χ3v) is 5.57. The number of likely N-dealkylation sites (tertiary alicyclic amines) is 1. The van der Waals surface area contributed by atoms with Crippen LogP contribution in [-0.2, 0) is 0 Å². The van der Waals surface area contributed by atoms with Crippen LogP contribution in [0.25, 0.3) is 5.69 Å². The van der Waals surface area contributed by atoms with E-state index in [-0.39, 0.29) is 10.8 Å². The molecule has 3 rings (SSSR count).